The summed E-state index contributed by atoms with van der Waals surface area (Å²) in [5.74, 6) is 0. The maximum atomic E-state index is 2.44. The molecule has 0 radical (unpaired) electrons. The fourth-order valence-electron chi connectivity index (χ4n) is 4.77. The second kappa shape index (κ2) is 6.01. The van der Waals surface area contributed by atoms with Gasteiger partial charge >= 0.3 is 0 Å². The van der Waals surface area contributed by atoms with Gasteiger partial charge in [0, 0.05) is 20.6 Å². The van der Waals surface area contributed by atoms with Crippen LogP contribution in [0.25, 0.3) is 49.4 Å². The molecule has 0 fully saturated rings. The fraction of sp³-hybridized carbons (Fsp3) is 0. The summed E-state index contributed by atoms with van der Waals surface area (Å²) in [6.07, 6.45) is 0. The Labute approximate surface area is 178 Å². The van der Waals surface area contributed by atoms with Crippen molar-refractivity contribution in [2.45, 2.75) is 9.79 Å². The van der Waals surface area contributed by atoms with Crippen LogP contribution in [0.4, 0.5) is 0 Å². The lowest BCUT2D eigenvalue weighted by atomic mass is 9.99. The Balaban J connectivity index is 1.58. The second-order valence-electron chi connectivity index (χ2n) is 7.85. The second-order valence-corrected chi connectivity index (χ2v) is 8.94. The largest absolute Gasteiger partial charge is 0.307 e. The number of fused-ring (bicyclic) bond motifs is 6. The van der Waals surface area contributed by atoms with Crippen molar-refractivity contribution in [2.24, 2.45) is 0 Å². The lowest BCUT2D eigenvalue weighted by molar-refractivity contribution is 1.09. The van der Waals surface area contributed by atoms with Crippen molar-refractivity contribution in [3.05, 3.63) is 103 Å². The van der Waals surface area contributed by atoms with Crippen LogP contribution in [0.3, 0.4) is 0 Å². The Bertz CT molecular complexity index is 1620. The molecule has 6 aromatic rings. The van der Waals surface area contributed by atoms with E-state index in [9.17, 15) is 0 Å². The van der Waals surface area contributed by atoms with Gasteiger partial charge in [-0.15, -0.1) is 0 Å². The third kappa shape index (κ3) is 2.20. The molecular weight excluding hydrogens is 382 g/mol. The van der Waals surface area contributed by atoms with Crippen LogP contribution in [0.15, 0.2) is 113 Å². The zero-order valence-corrected chi connectivity index (χ0v) is 17.0. The molecule has 1 aliphatic heterocycles. The van der Waals surface area contributed by atoms with Crippen molar-refractivity contribution in [3.8, 4) is 16.8 Å². The fourth-order valence-corrected chi connectivity index (χ4v) is 5.90. The average Bonchev–Trinajstić information content (AvgIpc) is 3.15. The summed E-state index contributed by atoms with van der Waals surface area (Å²) in [5, 5.41) is 5.20. The molecule has 0 atom stereocenters. The van der Waals surface area contributed by atoms with Gasteiger partial charge < -0.3 is 4.57 Å². The standard InChI is InChI=1S/C28H17NS/c1-2-8-19-15-20(14-13-18(19)7-1)21-16-23-22-9-3-4-10-24(22)29-25-11-5-6-12-26(25)30-27(17-21)28(23)29/h1-17H. The summed E-state index contributed by atoms with van der Waals surface area (Å²) in [4.78, 5) is 2.63. The number of nitrogens with zero attached hydrogens (tertiary/aromatic N) is 1. The van der Waals surface area contributed by atoms with Gasteiger partial charge in [-0.1, -0.05) is 78.5 Å². The van der Waals surface area contributed by atoms with E-state index in [1.54, 1.807) is 0 Å². The molecule has 0 spiro atoms. The first-order valence-electron chi connectivity index (χ1n) is 10.2. The molecule has 30 heavy (non-hydrogen) atoms. The first kappa shape index (κ1) is 16.3. The van der Waals surface area contributed by atoms with Crippen LogP contribution in [0.2, 0.25) is 0 Å². The van der Waals surface area contributed by atoms with Crippen molar-refractivity contribution in [1.29, 1.82) is 0 Å². The van der Waals surface area contributed by atoms with Gasteiger partial charge in [0.05, 0.1) is 16.7 Å². The van der Waals surface area contributed by atoms with Gasteiger partial charge in [0.25, 0.3) is 0 Å². The molecule has 0 amide bonds. The van der Waals surface area contributed by atoms with E-state index in [1.165, 1.54) is 59.2 Å². The topological polar surface area (TPSA) is 4.93 Å². The van der Waals surface area contributed by atoms with Crippen LogP contribution in [-0.4, -0.2) is 4.57 Å². The predicted molar refractivity (Wildman–Crippen MR) is 128 cm³/mol. The van der Waals surface area contributed by atoms with Crippen LogP contribution in [0.1, 0.15) is 0 Å². The summed E-state index contributed by atoms with van der Waals surface area (Å²) in [7, 11) is 0. The number of aromatic nitrogens is 1. The highest BCUT2D eigenvalue weighted by atomic mass is 32.2. The highest BCUT2D eigenvalue weighted by Crippen LogP contribution is 2.48. The molecule has 5 aromatic carbocycles. The van der Waals surface area contributed by atoms with E-state index in [2.05, 4.69) is 108 Å². The average molecular weight is 400 g/mol. The maximum absolute atomic E-state index is 2.44. The lowest BCUT2D eigenvalue weighted by Crippen LogP contribution is -2.01. The highest BCUT2D eigenvalue weighted by Gasteiger charge is 2.23. The summed E-state index contributed by atoms with van der Waals surface area (Å²) in [6.45, 7) is 0. The minimum atomic E-state index is 1.27. The molecular formula is C28H17NS. The number of benzene rings is 5. The summed E-state index contributed by atoms with van der Waals surface area (Å²) in [5.41, 5.74) is 6.42. The van der Waals surface area contributed by atoms with Gasteiger partial charge in [-0.05, 0) is 58.3 Å². The SMILES string of the molecule is c1ccc2c(c1)Sc1cc(-c3ccc4ccccc4c3)cc3c4ccccc4n-2c13. The summed E-state index contributed by atoms with van der Waals surface area (Å²) >= 11 is 1.88. The Morgan fingerprint density at radius 3 is 2.30 bits per heavy atom. The molecule has 140 valence electrons. The first-order valence-corrected chi connectivity index (χ1v) is 11.0. The van der Waals surface area contributed by atoms with Crippen LogP contribution in [0.5, 0.6) is 0 Å². The Morgan fingerprint density at radius 2 is 1.33 bits per heavy atom. The molecule has 7 rings (SSSR count). The predicted octanol–water partition coefficient (Wildman–Crippen LogP) is 8.07. The number of hydrogen-bond donors (Lipinski definition) is 0. The molecule has 0 saturated carbocycles. The monoisotopic (exact) mass is 399 g/mol. The molecule has 1 aromatic heterocycles. The van der Waals surface area contributed by atoms with Crippen molar-refractivity contribution < 1.29 is 0 Å². The normalized spacial score (nSPS) is 12.5. The number of hydrogen-bond acceptors (Lipinski definition) is 1. The molecule has 0 unspecified atom stereocenters. The zero-order valence-electron chi connectivity index (χ0n) is 16.2. The van der Waals surface area contributed by atoms with E-state index in [0.29, 0.717) is 0 Å². The van der Waals surface area contributed by atoms with E-state index < -0.39 is 0 Å². The Morgan fingerprint density at radius 1 is 0.533 bits per heavy atom. The molecule has 0 aliphatic carbocycles. The van der Waals surface area contributed by atoms with Crippen molar-refractivity contribution in [1.82, 2.24) is 4.57 Å². The Hall–Kier alpha value is -3.49. The first-order chi connectivity index (χ1) is 14.9. The van der Waals surface area contributed by atoms with Crippen LogP contribution in [-0.2, 0) is 0 Å². The van der Waals surface area contributed by atoms with Gasteiger partial charge in [0.1, 0.15) is 0 Å². The van der Waals surface area contributed by atoms with Gasteiger partial charge in [-0.3, -0.25) is 0 Å². The quantitative estimate of drug-likeness (QED) is 0.270. The minimum absolute atomic E-state index is 1.27. The third-order valence-corrected chi connectivity index (χ3v) is 7.24. The van der Waals surface area contributed by atoms with Crippen LogP contribution >= 0.6 is 11.8 Å². The Kier molecular flexibility index (Phi) is 3.27. The van der Waals surface area contributed by atoms with Crippen molar-refractivity contribution >= 4 is 44.3 Å². The third-order valence-electron chi connectivity index (χ3n) is 6.14. The van der Waals surface area contributed by atoms with Gasteiger partial charge in [0.15, 0.2) is 0 Å². The summed E-state index contributed by atoms with van der Waals surface area (Å²) < 4.78 is 2.44. The summed E-state index contributed by atoms with van der Waals surface area (Å²) in [6, 6.07) is 37.6. The highest BCUT2D eigenvalue weighted by molar-refractivity contribution is 7.99. The number of rotatable bonds is 1. The van der Waals surface area contributed by atoms with Gasteiger partial charge in [-0.25, -0.2) is 0 Å². The molecule has 1 nitrogen and oxygen atoms in total. The van der Waals surface area contributed by atoms with E-state index >= 15 is 0 Å². The molecule has 0 bridgehead atoms. The molecule has 0 N–H and O–H groups in total. The zero-order chi connectivity index (χ0) is 19.7. The number of para-hydroxylation sites is 2. The lowest BCUT2D eigenvalue weighted by Gasteiger charge is -2.20. The molecule has 1 aliphatic rings. The van der Waals surface area contributed by atoms with Gasteiger partial charge in [0.2, 0.25) is 0 Å². The maximum Gasteiger partial charge on any atom is 0.0681 e. The van der Waals surface area contributed by atoms with Crippen molar-refractivity contribution in [2.75, 3.05) is 0 Å². The van der Waals surface area contributed by atoms with E-state index in [4.69, 9.17) is 0 Å². The smallest absolute Gasteiger partial charge is 0.0681 e. The molecule has 2 heterocycles. The van der Waals surface area contributed by atoms with Crippen LogP contribution in [0, 0.1) is 0 Å². The minimum Gasteiger partial charge on any atom is -0.307 e. The van der Waals surface area contributed by atoms with Crippen LogP contribution < -0.4 is 0 Å². The van der Waals surface area contributed by atoms with E-state index in [1.807, 2.05) is 11.8 Å². The molecule has 0 saturated heterocycles. The van der Waals surface area contributed by atoms with Crippen molar-refractivity contribution in [3.63, 3.8) is 0 Å². The van der Waals surface area contributed by atoms with Gasteiger partial charge in [-0.2, -0.15) is 0 Å². The molecule has 2 heteroatoms. The van der Waals surface area contributed by atoms with E-state index in [-0.39, 0.29) is 0 Å². The van der Waals surface area contributed by atoms with E-state index in [0.717, 1.165) is 0 Å².